The summed E-state index contributed by atoms with van der Waals surface area (Å²) in [7, 11) is 0. The van der Waals surface area contributed by atoms with Crippen LogP contribution in [0.25, 0.3) is 0 Å². The number of hydrogen-bond acceptors (Lipinski definition) is 4. The Morgan fingerprint density at radius 3 is 2.64 bits per heavy atom. The molecular weight excluding hydrogens is 157 g/mol. The van der Waals surface area contributed by atoms with Gasteiger partial charge in [0.1, 0.15) is 0 Å². The monoisotopic (exact) mass is 161 g/mol. The van der Waals surface area contributed by atoms with Crippen molar-refractivity contribution in [3.05, 3.63) is 23.9 Å². The predicted molar refractivity (Wildman–Crippen MR) is 30.2 cm³/mol. The summed E-state index contributed by atoms with van der Waals surface area (Å²) in [6, 6.07) is 2.27. The Hall–Kier alpha value is -0.580. The van der Waals surface area contributed by atoms with Crippen molar-refractivity contribution >= 4 is 5.97 Å². The topological polar surface area (TPSA) is 73.2 Å². The first-order chi connectivity index (χ1) is 4.70. The van der Waals surface area contributed by atoms with Gasteiger partial charge in [-0.2, -0.15) is 0 Å². The van der Waals surface area contributed by atoms with Crippen molar-refractivity contribution in [3.8, 4) is 5.88 Å². The van der Waals surface area contributed by atoms with Crippen molar-refractivity contribution < 1.29 is 44.6 Å². The van der Waals surface area contributed by atoms with Gasteiger partial charge in [-0.15, -0.1) is 0 Å². The van der Waals surface area contributed by atoms with Crippen LogP contribution in [0.1, 0.15) is 10.4 Å². The summed E-state index contributed by atoms with van der Waals surface area (Å²) in [5, 5.41) is 18.8. The van der Waals surface area contributed by atoms with Gasteiger partial charge in [0, 0.05) is 17.8 Å². The van der Waals surface area contributed by atoms with E-state index in [1.807, 2.05) is 0 Å². The van der Waals surface area contributed by atoms with Gasteiger partial charge in [0.25, 0.3) is 0 Å². The average Bonchev–Trinajstić information content (AvgIpc) is 1.88. The van der Waals surface area contributed by atoms with Crippen LogP contribution in [0.3, 0.4) is 0 Å². The third-order valence-corrected chi connectivity index (χ3v) is 0.981. The van der Waals surface area contributed by atoms with E-state index in [9.17, 15) is 9.90 Å². The number of carbonyl (C=O) groups is 1. The zero-order valence-electron chi connectivity index (χ0n) is 5.94. The van der Waals surface area contributed by atoms with E-state index in [0.717, 1.165) is 6.07 Å². The molecule has 0 aliphatic heterocycles. The number of aromatic carboxylic acids is 1. The first-order valence-corrected chi connectivity index (χ1v) is 2.56. The van der Waals surface area contributed by atoms with Gasteiger partial charge in [0.2, 0.25) is 5.88 Å². The Morgan fingerprint density at radius 2 is 2.27 bits per heavy atom. The van der Waals surface area contributed by atoms with E-state index in [1.165, 1.54) is 12.3 Å². The minimum Gasteiger partial charge on any atom is -0.545 e. The van der Waals surface area contributed by atoms with E-state index in [-0.39, 0.29) is 41.0 Å². The number of carboxylic acids is 1. The molecule has 1 aromatic rings. The molecule has 0 fully saturated rings. The molecule has 0 unspecified atom stereocenters. The van der Waals surface area contributed by atoms with E-state index < -0.39 is 5.97 Å². The van der Waals surface area contributed by atoms with E-state index in [2.05, 4.69) is 4.98 Å². The summed E-state index contributed by atoms with van der Waals surface area (Å²) in [5.74, 6) is -1.64. The van der Waals surface area contributed by atoms with Crippen LogP contribution in [0, 0.1) is 0 Å². The molecule has 11 heavy (non-hydrogen) atoms. The van der Waals surface area contributed by atoms with Gasteiger partial charge in [-0.25, -0.2) is 4.98 Å². The van der Waals surface area contributed by atoms with Crippen molar-refractivity contribution in [2.45, 2.75) is 0 Å². The molecule has 1 rings (SSSR count). The Balaban J connectivity index is 0.000001000. The van der Waals surface area contributed by atoms with Crippen LogP contribution in [0.4, 0.5) is 0 Å². The molecule has 0 atom stereocenters. The van der Waals surface area contributed by atoms with Crippen LogP contribution in [0.5, 0.6) is 5.88 Å². The number of aromatic hydroxyl groups is 1. The van der Waals surface area contributed by atoms with E-state index in [1.54, 1.807) is 0 Å². The molecule has 0 radical (unpaired) electrons. The second-order valence-electron chi connectivity index (χ2n) is 1.69. The van der Waals surface area contributed by atoms with Gasteiger partial charge in [-0.3, -0.25) is 0 Å². The molecule has 0 saturated heterocycles. The molecule has 0 aliphatic rings. The van der Waals surface area contributed by atoms with Gasteiger partial charge >= 0.3 is 29.6 Å². The molecule has 1 N–H and O–H groups in total. The molecule has 5 heteroatoms. The Kier molecular flexibility index (Phi) is 4.10. The second-order valence-corrected chi connectivity index (χ2v) is 1.69. The summed E-state index contributed by atoms with van der Waals surface area (Å²) in [5.41, 5.74) is -0.0764. The van der Waals surface area contributed by atoms with Crippen molar-refractivity contribution in [2.24, 2.45) is 0 Å². The molecule has 52 valence electrons. The standard InChI is InChI=1S/C6H5NO3.Na/c8-5-3-4(6(9)10)1-2-7-5;/h1-3H,(H,7,8)(H,9,10);/q;+1/p-1. The van der Waals surface area contributed by atoms with Gasteiger partial charge in [-0.1, -0.05) is 0 Å². The van der Waals surface area contributed by atoms with Crippen molar-refractivity contribution in [1.82, 2.24) is 4.98 Å². The zero-order chi connectivity index (χ0) is 7.56. The maximum Gasteiger partial charge on any atom is 1.00 e. The number of aromatic nitrogens is 1. The summed E-state index contributed by atoms with van der Waals surface area (Å²) < 4.78 is 0. The number of pyridine rings is 1. The summed E-state index contributed by atoms with van der Waals surface area (Å²) in [6.07, 6.45) is 1.19. The van der Waals surface area contributed by atoms with E-state index in [4.69, 9.17) is 5.11 Å². The molecule has 1 heterocycles. The average molecular weight is 161 g/mol. The predicted octanol–water partition coefficient (Wildman–Crippen LogP) is -3.85. The number of carboxylic acid groups (broad SMARTS) is 1. The fraction of sp³-hybridized carbons (Fsp3) is 0. The van der Waals surface area contributed by atoms with Crippen molar-refractivity contribution in [1.29, 1.82) is 0 Å². The number of nitrogens with zero attached hydrogens (tertiary/aromatic N) is 1. The molecule has 0 bridgehead atoms. The fourth-order valence-corrected chi connectivity index (χ4v) is 0.545. The summed E-state index contributed by atoms with van der Waals surface area (Å²) in [6.45, 7) is 0. The van der Waals surface area contributed by atoms with Crippen LogP contribution in [-0.4, -0.2) is 16.1 Å². The maximum absolute atomic E-state index is 10.1. The smallest absolute Gasteiger partial charge is 0.545 e. The SMILES string of the molecule is O=C([O-])c1ccnc(O)c1.[Na+]. The summed E-state index contributed by atoms with van der Waals surface area (Å²) >= 11 is 0. The van der Waals surface area contributed by atoms with E-state index >= 15 is 0 Å². The van der Waals surface area contributed by atoms with Crippen LogP contribution in [-0.2, 0) is 0 Å². The van der Waals surface area contributed by atoms with Crippen LogP contribution in [0.15, 0.2) is 18.3 Å². The molecule has 4 nitrogen and oxygen atoms in total. The molecular formula is C6H4NNaO3. The Morgan fingerprint density at radius 1 is 1.64 bits per heavy atom. The molecule has 1 aromatic heterocycles. The second kappa shape index (κ2) is 4.33. The van der Waals surface area contributed by atoms with Gasteiger partial charge < -0.3 is 15.0 Å². The zero-order valence-corrected chi connectivity index (χ0v) is 7.94. The van der Waals surface area contributed by atoms with Crippen LogP contribution < -0.4 is 34.7 Å². The van der Waals surface area contributed by atoms with Gasteiger partial charge in [0.05, 0.1) is 5.97 Å². The molecule has 0 amide bonds. The largest absolute Gasteiger partial charge is 1.00 e. The summed E-state index contributed by atoms with van der Waals surface area (Å²) in [4.78, 5) is 13.5. The fourth-order valence-electron chi connectivity index (χ4n) is 0.545. The minimum absolute atomic E-state index is 0. The van der Waals surface area contributed by atoms with Crippen molar-refractivity contribution in [2.75, 3.05) is 0 Å². The third-order valence-electron chi connectivity index (χ3n) is 0.981. The number of carbonyl (C=O) groups excluding carboxylic acids is 1. The Bertz CT molecular complexity index is 264. The third kappa shape index (κ3) is 2.88. The quantitative estimate of drug-likeness (QED) is 0.428. The van der Waals surface area contributed by atoms with Crippen LogP contribution in [0.2, 0.25) is 0 Å². The van der Waals surface area contributed by atoms with Crippen molar-refractivity contribution in [3.63, 3.8) is 0 Å². The number of hydrogen-bond donors (Lipinski definition) is 1. The van der Waals surface area contributed by atoms with Crippen LogP contribution >= 0.6 is 0 Å². The molecule has 0 saturated carbocycles. The first kappa shape index (κ1) is 10.4. The molecule has 0 aromatic carbocycles. The minimum atomic E-state index is -1.32. The normalized spacial score (nSPS) is 8.36. The van der Waals surface area contributed by atoms with Gasteiger partial charge in [0.15, 0.2) is 0 Å². The Labute approximate surface area is 85.2 Å². The molecule has 0 spiro atoms. The first-order valence-electron chi connectivity index (χ1n) is 2.56. The number of rotatable bonds is 1. The van der Waals surface area contributed by atoms with E-state index in [0.29, 0.717) is 0 Å². The molecule has 0 aliphatic carbocycles. The maximum atomic E-state index is 10.1. The van der Waals surface area contributed by atoms with Gasteiger partial charge in [-0.05, 0) is 6.07 Å².